The summed E-state index contributed by atoms with van der Waals surface area (Å²) < 4.78 is 0. The Kier molecular flexibility index (Phi) is 3.02. The molecule has 0 atom stereocenters. The molecule has 1 aromatic rings. The van der Waals surface area contributed by atoms with E-state index in [0.29, 0.717) is 0 Å². The fourth-order valence-corrected chi connectivity index (χ4v) is 1.58. The fourth-order valence-electron chi connectivity index (χ4n) is 1.58. The summed E-state index contributed by atoms with van der Waals surface area (Å²) in [5.74, 6) is 0.863. The molecule has 1 aromatic carbocycles. The van der Waals surface area contributed by atoms with E-state index < -0.39 is 0 Å². The predicted octanol–water partition coefficient (Wildman–Crippen LogP) is 1.52. The third-order valence-corrected chi connectivity index (χ3v) is 2.75. The van der Waals surface area contributed by atoms with Gasteiger partial charge in [0.2, 0.25) is 0 Å². The van der Waals surface area contributed by atoms with Crippen molar-refractivity contribution in [2.45, 2.75) is 6.92 Å². The normalized spacial score (nSPS) is 15.8. The molecule has 0 saturated carbocycles. The second kappa shape index (κ2) is 4.45. The van der Waals surface area contributed by atoms with Gasteiger partial charge in [-0.3, -0.25) is 4.79 Å². The zero-order chi connectivity index (χ0) is 10.7. The SMILES string of the molecule is CC(=O)c1ccc(NCC2CNC2)cc1. The lowest BCUT2D eigenvalue weighted by Gasteiger charge is -2.27. The van der Waals surface area contributed by atoms with E-state index in [1.807, 2.05) is 24.3 Å². The molecule has 3 nitrogen and oxygen atoms in total. The summed E-state index contributed by atoms with van der Waals surface area (Å²) >= 11 is 0. The molecule has 0 aromatic heterocycles. The van der Waals surface area contributed by atoms with Crippen molar-refractivity contribution in [2.75, 3.05) is 25.0 Å². The minimum atomic E-state index is 0.116. The van der Waals surface area contributed by atoms with Gasteiger partial charge in [0.05, 0.1) is 0 Å². The van der Waals surface area contributed by atoms with Crippen molar-refractivity contribution >= 4 is 11.5 Å². The molecule has 1 saturated heterocycles. The van der Waals surface area contributed by atoms with Crippen LogP contribution in [-0.2, 0) is 0 Å². The number of ketones is 1. The van der Waals surface area contributed by atoms with Gasteiger partial charge in [0, 0.05) is 36.8 Å². The van der Waals surface area contributed by atoms with Crippen LogP contribution in [0.15, 0.2) is 24.3 Å². The average molecular weight is 204 g/mol. The summed E-state index contributed by atoms with van der Waals surface area (Å²) in [4.78, 5) is 11.0. The van der Waals surface area contributed by atoms with Gasteiger partial charge in [-0.15, -0.1) is 0 Å². The Balaban J connectivity index is 1.88. The van der Waals surface area contributed by atoms with Gasteiger partial charge in [0.25, 0.3) is 0 Å². The number of anilines is 1. The Labute approximate surface area is 89.9 Å². The van der Waals surface area contributed by atoms with E-state index in [1.54, 1.807) is 6.92 Å². The van der Waals surface area contributed by atoms with Gasteiger partial charge in [0.15, 0.2) is 5.78 Å². The van der Waals surface area contributed by atoms with Gasteiger partial charge in [-0.1, -0.05) is 0 Å². The lowest BCUT2D eigenvalue weighted by Crippen LogP contribution is -2.45. The molecule has 0 bridgehead atoms. The van der Waals surface area contributed by atoms with Crippen molar-refractivity contribution in [3.05, 3.63) is 29.8 Å². The van der Waals surface area contributed by atoms with E-state index in [0.717, 1.165) is 36.8 Å². The van der Waals surface area contributed by atoms with Gasteiger partial charge in [-0.2, -0.15) is 0 Å². The molecule has 0 radical (unpaired) electrons. The number of Topliss-reactive ketones (excluding diaryl/α,β-unsaturated/α-hetero) is 1. The summed E-state index contributed by atoms with van der Waals surface area (Å²) in [7, 11) is 0. The molecule has 1 fully saturated rings. The number of benzene rings is 1. The average Bonchev–Trinajstić information content (AvgIpc) is 2.16. The monoisotopic (exact) mass is 204 g/mol. The number of nitrogens with one attached hydrogen (secondary N) is 2. The van der Waals surface area contributed by atoms with E-state index in [9.17, 15) is 4.79 Å². The highest BCUT2D eigenvalue weighted by atomic mass is 16.1. The van der Waals surface area contributed by atoms with Crippen LogP contribution in [0.1, 0.15) is 17.3 Å². The number of carbonyl (C=O) groups is 1. The van der Waals surface area contributed by atoms with Crippen LogP contribution in [0.3, 0.4) is 0 Å². The Bertz CT molecular complexity index is 341. The van der Waals surface area contributed by atoms with Crippen molar-refractivity contribution in [2.24, 2.45) is 5.92 Å². The summed E-state index contributed by atoms with van der Waals surface area (Å²) in [6.07, 6.45) is 0. The van der Waals surface area contributed by atoms with Crippen molar-refractivity contribution in [1.29, 1.82) is 0 Å². The molecule has 1 aliphatic heterocycles. The second-order valence-corrected chi connectivity index (χ2v) is 4.04. The molecule has 80 valence electrons. The Morgan fingerprint density at radius 2 is 2.07 bits per heavy atom. The molecule has 15 heavy (non-hydrogen) atoms. The zero-order valence-electron chi connectivity index (χ0n) is 8.92. The molecule has 0 amide bonds. The summed E-state index contributed by atoms with van der Waals surface area (Å²) in [6, 6.07) is 7.65. The van der Waals surface area contributed by atoms with Crippen LogP contribution in [0.5, 0.6) is 0 Å². The highest BCUT2D eigenvalue weighted by Gasteiger charge is 2.15. The maximum atomic E-state index is 11.0. The maximum absolute atomic E-state index is 11.0. The quantitative estimate of drug-likeness (QED) is 0.731. The molecule has 2 N–H and O–H groups in total. The maximum Gasteiger partial charge on any atom is 0.159 e. The van der Waals surface area contributed by atoms with Gasteiger partial charge in [-0.25, -0.2) is 0 Å². The highest BCUT2D eigenvalue weighted by molar-refractivity contribution is 5.94. The van der Waals surface area contributed by atoms with Crippen molar-refractivity contribution in [1.82, 2.24) is 5.32 Å². The first-order valence-corrected chi connectivity index (χ1v) is 5.31. The number of carbonyl (C=O) groups excluding carboxylic acids is 1. The van der Waals surface area contributed by atoms with E-state index in [2.05, 4.69) is 10.6 Å². The van der Waals surface area contributed by atoms with Gasteiger partial charge >= 0.3 is 0 Å². The third-order valence-electron chi connectivity index (χ3n) is 2.75. The molecular formula is C12H16N2O. The molecule has 2 rings (SSSR count). The Morgan fingerprint density at radius 3 is 2.53 bits per heavy atom. The van der Waals surface area contributed by atoms with Crippen LogP contribution in [0.25, 0.3) is 0 Å². The van der Waals surface area contributed by atoms with Gasteiger partial charge in [-0.05, 0) is 31.2 Å². The molecule has 0 spiro atoms. The fraction of sp³-hybridized carbons (Fsp3) is 0.417. The van der Waals surface area contributed by atoms with Crippen LogP contribution in [-0.4, -0.2) is 25.4 Å². The van der Waals surface area contributed by atoms with E-state index in [4.69, 9.17) is 0 Å². The van der Waals surface area contributed by atoms with Crippen molar-refractivity contribution in [3.8, 4) is 0 Å². The lowest BCUT2D eigenvalue weighted by atomic mass is 10.0. The van der Waals surface area contributed by atoms with E-state index in [-0.39, 0.29) is 5.78 Å². The highest BCUT2D eigenvalue weighted by Crippen LogP contribution is 2.11. The minimum absolute atomic E-state index is 0.116. The molecule has 3 heteroatoms. The van der Waals surface area contributed by atoms with Crippen molar-refractivity contribution in [3.63, 3.8) is 0 Å². The molecular weight excluding hydrogens is 188 g/mol. The Morgan fingerprint density at radius 1 is 1.40 bits per heavy atom. The van der Waals surface area contributed by atoms with E-state index >= 15 is 0 Å². The predicted molar refractivity (Wildman–Crippen MR) is 61.3 cm³/mol. The smallest absolute Gasteiger partial charge is 0.159 e. The first kappa shape index (κ1) is 10.2. The van der Waals surface area contributed by atoms with Crippen LogP contribution in [0.4, 0.5) is 5.69 Å². The van der Waals surface area contributed by atoms with Crippen LogP contribution >= 0.6 is 0 Å². The molecule has 0 unspecified atom stereocenters. The number of hydrogen-bond acceptors (Lipinski definition) is 3. The zero-order valence-corrected chi connectivity index (χ0v) is 8.92. The second-order valence-electron chi connectivity index (χ2n) is 4.04. The van der Waals surface area contributed by atoms with Gasteiger partial charge < -0.3 is 10.6 Å². The van der Waals surface area contributed by atoms with E-state index in [1.165, 1.54) is 0 Å². The standard InChI is InChI=1S/C12H16N2O/c1-9(15)11-2-4-12(5-3-11)14-8-10-6-13-7-10/h2-5,10,13-14H,6-8H2,1H3. The topological polar surface area (TPSA) is 41.1 Å². The molecule has 0 aliphatic carbocycles. The molecule has 1 heterocycles. The lowest BCUT2D eigenvalue weighted by molar-refractivity contribution is 0.101. The largest absolute Gasteiger partial charge is 0.385 e. The van der Waals surface area contributed by atoms with Crippen LogP contribution < -0.4 is 10.6 Å². The van der Waals surface area contributed by atoms with Crippen LogP contribution in [0, 0.1) is 5.92 Å². The van der Waals surface area contributed by atoms with Crippen LogP contribution in [0.2, 0.25) is 0 Å². The number of rotatable bonds is 4. The third kappa shape index (κ3) is 2.57. The summed E-state index contributed by atoms with van der Waals surface area (Å²) in [6.45, 7) is 4.81. The van der Waals surface area contributed by atoms with Crippen molar-refractivity contribution < 1.29 is 4.79 Å². The van der Waals surface area contributed by atoms with Gasteiger partial charge in [0.1, 0.15) is 0 Å². The first-order chi connectivity index (χ1) is 7.25. The summed E-state index contributed by atoms with van der Waals surface area (Å²) in [5.41, 5.74) is 1.86. The Hall–Kier alpha value is -1.35. The minimum Gasteiger partial charge on any atom is -0.385 e. The summed E-state index contributed by atoms with van der Waals surface area (Å²) in [5, 5.41) is 6.60. The molecule has 1 aliphatic rings. The first-order valence-electron chi connectivity index (χ1n) is 5.31. The number of hydrogen-bond donors (Lipinski definition) is 2.